The second kappa shape index (κ2) is 2.99. The largest absolute Gasteiger partial charge is 0.381 e. The van der Waals surface area contributed by atoms with E-state index < -0.39 is 22.8 Å². The Balaban J connectivity index is 2.71. The average molecular weight is 220 g/mol. The van der Waals surface area contributed by atoms with E-state index in [9.17, 15) is 19.8 Å². The van der Waals surface area contributed by atoms with Crippen molar-refractivity contribution in [2.75, 3.05) is 0 Å². The first-order valence-electron chi connectivity index (χ1n) is 4.93. The van der Waals surface area contributed by atoms with Crippen LogP contribution in [0.3, 0.4) is 0 Å². The SMILES string of the molecule is C[C@]1(O)C=CC(=O)C2=C1C(=O)C=C[C@]2(C)O. The first kappa shape index (κ1) is 11.0. The zero-order chi connectivity index (χ0) is 12.1. The number of carbonyl (C=O) groups excluding carboxylic acids is 2. The summed E-state index contributed by atoms with van der Waals surface area (Å²) < 4.78 is 0. The number of carbonyl (C=O) groups is 2. The summed E-state index contributed by atoms with van der Waals surface area (Å²) in [5.74, 6) is -0.881. The minimum atomic E-state index is -1.50. The molecular weight excluding hydrogens is 208 g/mol. The zero-order valence-electron chi connectivity index (χ0n) is 9.02. The van der Waals surface area contributed by atoms with Crippen molar-refractivity contribution in [1.29, 1.82) is 0 Å². The quantitative estimate of drug-likeness (QED) is 0.605. The van der Waals surface area contributed by atoms with Crippen LogP contribution < -0.4 is 0 Å². The van der Waals surface area contributed by atoms with E-state index in [0.717, 1.165) is 0 Å². The van der Waals surface area contributed by atoms with Gasteiger partial charge in [0.25, 0.3) is 0 Å². The maximum absolute atomic E-state index is 11.7. The van der Waals surface area contributed by atoms with Gasteiger partial charge in [0.1, 0.15) is 11.2 Å². The minimum Gasteiger partial charge on any atom is -0.381 e. The van der Waals surface area contributed by atoms with E-state index in [4.69, 9.17) is 0 Å². The van der Waals surface area contributed by atoms with Crippen LogP contribution >= 0.6 is 0 Å². The Morgan fingerprint density at radius 1 is 0.875 bits per heavy atom. The Morgan fingerprint density at radius 2 is 1.19 bits per heavy atom. The number of allylic oxidation sites excluding steroid dienone is 2. The van der Waals surface area contributed by atoms with Crippen molar-refractivity contribution in [1.82, 2.24) is 0 Å². The van der Waals surface area contributed by atoms with Gasteiger partial charge in [0, 0.05) is 11.1 Å². The van der Waals surface area contributed by atoms with E-state index in [-0.39, 0.29) is 11.1 Å². The van der Waals surface area contributed by atoms with Gasteiger partial charge in [-0.05, 0) is 38.2 Å². The van der Waals surface area contributed by atoms with Crippen molar-refractivity contribution >= 4 is 11.6 Å². The molecule has 4 nitrogen and oxygen atoms in total. The summed E-state index contributed by atoms with van der Waals surface area (Å²) in [4.78, 5) is 23.4. The van der Waals surface area contributed by atoms with E-state index >= 15 is 0 Å². The first-order valence-corrected chi connectivity index (χ1v) is 4.93. The molecule has 2 rings (SSSR count). The lowest BCUT2D eigenvalue weighted by Crippen LogP contribution is -2.43. The number of aliphatic hydroxyl groups is 2. The molecule has 2 aliphatic carbocycles. The molecular formula is C12H12O4. The van der Waals surface area contributed by atoms with Crippen LogP contribution in [0.5, 0.6) is 0 Å². The smallest absolute Gasteiger partial charge is 0.185 e. The summed E-state index contributed by atoms with van der Waals surface area (Å²) in [6.45, 7) is 2.83. The fourth-order valence-electron chi connectivity index (χ4n) is 2.06. The molecule has 0 spiro atoms. The minimum absolute atomic E-state index is 0.0347. The Kier molecular flexibility index (Phi) is 2.05. The number of ketones is 2. The van der Waals surface area contributed by atoms with Crippen LogP contribution in [0.2, 0.25) is 0 Å². The Morgan fingerprint density at radius 3 is 1.50 bits per heavy atom. The maximum Gasteiger partial charge on any atom is 0.185 e. The third-order valence-electron chi connectivity index (χ3n) is 2.87. The number of rotatable bonds is 0. The molecule has 0 amide bonds. The average Bonchev–Trinajstić information content (AvgIpc) is 2.16. The van der Waals surface area contributed by atoms with E-state index in [0.29, 0.717) is 0 Å². The van der Waals surface area contributed by atoms with Crippen LogP contribution in [-0.4, -0.2) is 33.0 Å². The molecule has 0 saturated heterocycles. The second-order valence-electron chi connectivity index (χ2n) is 4.44. The van der Waals surface area contributed by atoms with Crippen molar-refractivity contribution in [3.8, 4) is 0 Å². The predicted molar refractivity (Wildman–Crippen MR) is 56.6 cm³/mol. The van der Waals surface area contributed by atoms with Gasteiger partial charge in [0.15, 0.2) is 11.6 Å². The molecule has 2 aliphatic rings. The summed E-state index contributed by atoms with van der Waals surface area (Å²) in [5, 5.41) is 20.1. The van der Waals surface area contributed by atoms with Gasteiger partial charge < -0.3 is 10.2 Å². The van der Waals surface area contributed by atoms with Gasteiger partial charge in [0.05, 0.1) is 0 Å². The van der Waals surface area contributed by atoms with Gasteiger partial charge in [-0.2, -0.15) is 0 Å². The summed E-state index contributed by atoms with van der Waals surface area (Å²) in [7, 11) is 0. The van der Waals surface area contributed by atoms with Gasteiger partial charge in [-0.1, -0.05) is 0 Å². The van der Waals surface area contributed by atoms with Crippen molar-refractivity contribution in [2.24, 2.45) is 0 Å². The fourth-order valence-corrected chi connectivity index (χ4v) is 2.06. The van der Waals surface area contributed by atoms with Crippen LogP contribution in [0.25, 0.3) is 0 Å². The molecule has 0 aromatic heterocycles. The third-order valence-corrected chi connectivity index (χ3v) is 2.87. The standard InChI is InChI=1S/C12H12O4/c1-11(15)5-3-8(14)10-9(11)7(13)4-6-12(10,2)16/h3-6,15-16H,1-2H3/t11-,12-/m0/s1. The first-order chi connectivity index (χ1) is 7.26. The van der Waals surface area contributed by atoms with Gasteiger partial charge in [-0.15, -0.1) is 0 Å². The molecule has 0 radical (unpaired) electrons. The van der Waals surface area contributed by atoms with Crippen LogP contribution in [-0.2, 0) is 9.59 Å². The molecule has 0 bridgehead atoms. The second-order valence-corrected chi connectivity index (χ2v) is 4.44. The van der Waals surface area contributed by atoms with Crippen LogP contribution in [0, 0.1) is 0 Å². The van der Waals surface area contributed by atoms with Crippen LogP contribution in [0.1, 0.15) is 13.8 Å². The van der Waals surface area contributed by atoms with E-state index in [1.54, 1.807) is 0 Å². The molecule has 0 fully saturated rings. The number of hydrogen-bond acceptors (Lipinski definition) is 4. The van der Waals surface area contributed by atoms with E-state index in [1.807, 2.05) is 0 Å². The van der Waals surface area contributed by atoms with Crippen molar-refractivity contribution in [3.63, 3.8) is 0 Å². The Hall–Kier alpha value is -1.52. The van der Waals surface area contributed by atoms with Crippen molar-refractivity contribution < 1.29 is 19.8 Å². The lowest BCUT2D eigenvalue weighted by atomic mass is 9.73. The molecule has 2 atom stereocenters. The maximum atomic E-state index is 11.7. The highest BCUT2D eigenvalue weighted by Crippen LogP contribution is 2.36. The molecule has 0 aliphatic heterocycles. The topological polar surface area (TPSA) is 74.6 Å². The Labute approximate surface area is 92.6 Å². The van der Waals surface area contributed by atoms with E-state index in [2.05, 4.69) is 0 Å². The van der Waals surface area contributed by atoms with Crippen LogP contribution in [0.15, 0.2) is 35.5 Å². The molecule has 0 aromatic carbocycles. The molecule has 16 heavy (non-hydrogen) atoms. The monoisotopic (exact) mass is 220 g/mol. The summed E-state index contributed by atoms with van der Waals surface area (Å²) >= 11 is 0. The predicted octanol–water partition coefficient (Wildman–Crippen LogP) is 0.0628. The molecule has 0 saturated carbocycles. The van der Waals surface area contributed by atoms with Gasteiger partial charge in [-0.3, -0.25) is 9.59 Å². The lowest BCUT2D eigenvalue weighted by Gasteiger charge is -2.35. The Bertz CT molecular complexity index is 431. The van der Waals surface area contributed by atoms with Crippen molar-refractivity contribution in [2.45, 2.75) is 25.0 Å². The van der Waals surface area contributed by atoms with Gasteiger partial charge in [-0.25, -0.2) is 0 Å². The molecule has 4 heteroatoms. The highest BCUT2D eigenvalue weighted by molar-refractivity contribution is 6.19. The lowest BCUT2D eigenvalue weighted by molar-refractivity contribution is -0.117. The third kappa shape index (κ3) is 1.38. The van der Waals surface area contributed by atoms with Gasteiger partial charge in [0.2, 0.25) is 0 Å². The van der Waals surface area contributed by atoms with Crippen molar-refractivity contribution in [3.05, 3.63) is 35.5 Å². The zero-order valence-corrected chi connectivity index (χ0v) is 9.02. The fraction of sp³-hybridized carbons (Fsp3) is 0.333. The highest BCUT2D eigenvalue weighted by Gasteiger charge is 2.44. The molecule has 0 heterocycles. The molecule has 84 valence electrons. The summed E-state index contributed by atoms with van der Waals surface area (Å²) in [6, 6.07) is 0. The molecule has 2 N–H and O–H groups in total. The van der Waals surface area contributed by atoms with E-state index in [1.165, 1.54) is 38.2 Å². The summed E-state index contributed by atoms with van der Waals surface area (Å²) in [5.41, 5.74) is -3.08. The summed E-state index contributed by atoms with van der Waals surface area (Å²) in [6.07, 6.45) is 4.89. The molecule has 0 unspecified atom stereocenters. The highest BCUT2D eigenvalue weighted by atomic mass is 16.3. The normalized spacial score (nSPS) is 38.0. The van der Waals surface area contributed by atoms with Crippen LogP contribution in [0.4, 0.5) is 0 Å². The van der Waals surface area contributed by atoms with Gasteiger partial charge >= 0.3 is 0 Å². The number of hydrogen-bond donors (Lipinski definition) is 2. The molecule has 0 aromatic rings.